The minimum atomic E-state index is -0.318. The fraction of sp³-hybridized carbons (Fsp3) is 0.455. The van der Waals surface area contributed by atoms with Crippen LogP contribution in [0.4, 0.5) is 0 Å². The van der Waals surface area contributed by atoms with Crippen LogP contribution in [0.5, 0.6) is 0 Å². The van der Waals surface area contributed by atoms with E-state index in [0.717, 1.165) is 50.3 Å². The van der Waals surface area contributed by atoms with Gasteiger partial charge in [0.2, 0.25) is 0 Å². The number of benzene rings is 2. The van der Waals surface area contributed by atoms with Gasteiger partial charge in [0, 0.05) is 23.3 Å². The topological polar surface area (TPSA) is 18.5 Å². The Morgan fingerprint density at radius 1 is 0.880 bits per heavy atom. The molecular formula is C22H23ClO2. The van der Waals surface area contributed by atoms with Gasteiger partial charge in [-0.3, -0.25) is 0 Å². The van der Waals surface area contributed by atoms with Crippen molar-refractivity contribution >= 4 is 11.6 Å². The fourth-order valence-corrected chi connectivity index (χ4v) is 5.63. The van der Waals surface area contributed by atoms with E-state index in [-0.39, 0.29) is 11.2 Å². The lowest BCUT2D eigenvalue weighted by Crippen LogP contribution is -2.43. The summed E-state index contributed by atoms with van der Waals surface area (Å²) in [4.78, 5) is 0. The molecule has 2 nitrogen and oxygen atoms in total. The monoisotopic (exact) mass is 354 g/mol. The number of hydrogen-bond donors (Lipinski definition) is 0. The summed E-state index contributed by atoms with van der Waals surface area (Å²) in [6.07, 6.45) is 5.30. The molecule has 1 saturated carbocycles. The Morgan fingerprint density at radius 2 is 1.64 bits per heavy atom. The van der Waals surface area contributed by atoms with Crippen molar-refractivity contribution in [3.8, 4) is 0 Å². The number of ether oxygens (including phenoxy) is 2. The molecule has 5 rings (SSSR count). The smallest absolute Gasteiger partial charge is 0.168 e. The Kier molecular flexibility index (Phi) is 3.70. The molecule has 0 amide bonds. The molecule has 130 valence electrons. The number of fused-ring (bicyclic) bond motifs is 2. The van der Waals surface area contributed by atoms with E-state index in [1.165, 1.54) is 16.7 Å². The van der Waals surface area contributed by atoms with E-state index in [1.807, 2.05) is 6.07 Å². The van der Waals surface area contributed by atoms with Gasteiger partial charge in [0.05, 0.1) is 13.2 Å². The SMILES string of the molecule is Clc1cccc(C2Cc3ccccc3C23CCC2(CC3)OCCO2)c1. The lowest BCUT2D eigenvalue weighted by atomic mass is 9.62. The van der Waals surface area contributed by atoms with Crippen molar-refractivity contribution in [2.24, 2.45) is 0 Å². The standard InChI is InChI=1S/C22H23ClO2/c23-18-6-3-5-16(14-18)20-15-17-4-1-2-7-19(17)21(20)8-10-22(11-9-21)24-12-13-25-22/h1-7,14,20H,8-13,15H2. The quantitative estimate of drug-likeness (QED) is 0.697. The van der Waals surface area contributed by atoms with Crippen LogP contribution in [0.3, 0.4) is 0 Å². The summed E-state index contributed by atoms with van der Waals surface area (Å²) in [7, 11) is 0. The van der Waals surface area contributed by atoms with Crippen molar-refractivity contribution in [1.82, 2.24) is 0 Å². The highest BCUT2D eigenvalue weighted by atomic mass is 35.5. The molecule has 1 atom stereocenters. The minimum Gasteiger partial charge on any atom is -0.348 e. The molecule has 1 saturated heterocycles. The maximum atomic E-state index is 6.32. The zero-order valence-electron chi connectivity index (χ0n) is 14.3. The predicted molar refractivity (Wildman–Crippen MR) is 99.1 cm³/mol. The lowest BCUT2D eigenvalue weighted by molar-refractivity contribution is -0.186. The highest BCUT2D eigenvalue weighted by Crippen LogP contribution is 2.58. The van der Waals surface area contributed by atoms with Gasteiger partial charge in [-0.05, 0) is 54.0 Å². The van der Waals surface area contributed by atoms with Gasteiger partial charge >= 0.3 is 0 Å². The zero-order valence-corrected chi connectivity index (χ0v) is 15.1. The van der Waals surface area contributed by atoms with E-state index in [1.54, 1.807) is 0 Å². The van der Waals surface area contributed by atoms with E-state index >= 15 is 0 Å². The third kappa shape index (κ3) is 2.46. The first kappa shape index (κ1) is 15.9. The summed E-state index contributed by atoms with van der Waals surface area (Å²) in [6, 6.07) is 17.5. The largest absolute Gasteiger partial charge is 0.348 e. The Bertz CT molecular complexity index is 784. The van der Waals surface area contributed by atoms with E-state index in [2.05, 4.69) is 42.5 Å². The van der Waals surface area contributed by atoms with Gasteiger partial charge in [0.25, 0.3) is 0 Å². The van der Waals surface area contributed by atoms with Crippen molar-refractivity contribution < 1.29 is 9.47 Å². The minimum absolute atomic E-state index is 0.182. The van der Waals surface area contributed by atoms with E-state index in [0.29, 0.717) is 5.92 Å². The molecule has 2 fully saturated rings. The maximum absolute atomic E-state index is 6.32. The summed E-state index contributed by atoms with van der Waals surface area (Å²) >= 11 is 6.32. The molecule has 0 radical (unpaired) electrons. The van der Waals surface area contributed by atoms with E-state index < -0.39 is 0 Å². The van der Waals surface area contributed by atoms with Gasteiger partial charge < -0.3 is 9.47 Å². The third-order valence-corrected chi connectivity index (χ3v) is 6.85. The summed E-state index contributed by atoms with van der Waals surface area (Å²) < 4.78 is 12.0. The van der Waals surface area contributed by atoms with Crippen LogP contribution < -0.4 is 0 Å². The molecule has 1 heterocycles. The Balaban J connectivity index is 1.56. The maximum Gasteiger partial charge on any atom is 0.168 e. The highest BCUT2D eigenvalue weighted by molar-refractivity contribution is 6.30. The van der Waals surface area contributed by atoms with Gasteiger partial charge in [-0.15, -0.1) is 0 Å². The van der Waals surface area contributed by atoms with Crippen LogP contribution in [0.25, 0.3) is 0 Å². The van der Waals surface area contributed by atoms with Gasteiger partial charge in [-0.25, -0.2) is 0 Å². The number of hydrogen-bond acceptors (Lipinski definition) is 2. The van der Waals surface area contributed by atoms with Crippen molar-refractivity contribution in [1.29, 1.82) is 0 Å². The first-order chi connectivity index (χ1) is 12.2. The van der Waals surface area contributed by atoms with Gasteiger partial charge in [0.15, 0.2) is 5.79 Å². The molecule has 3 aliphatic rings. The predicted octanol–water partition coefficient (Wildman–Crippen LogP) is 5.23. The van der Waals surface area contributed by atoms with Crippen molar-refractivity contribution in [2.45, 2.75) is 49.2 Å². The molecule has 1 aliphatic heterocycles. The Morgan fingerprint density at radius 3 is 2.40 bits per heavy atom. The van der Waals surface area contributed by atoms with E-state index in [9.17, 15) is 0 Å². The molecule has 0 N–H and O–H groups in total. The number of halogens is 1. The van der Waals surface area contributed by atoms with Crippen LogP contribution in [-0.4, -0.2) is 19.0 Å². The van der Waals surface area contributed by atoms with Crippen LogP contribution in [0.15, 0.2) is 48.5 Å². The van der Waals surface area contributed by atoms with Gasteiger partial charge in [0.1, 0.15) is 0 Å². The second kappa shape index (κ2) is 5.84. The summed E-state index contributed by atoms with van der Waals surface area (Å²) in [5, 5.41) is 0.832. The average molecular weight is 355 g/mol. The summed E-state index contributed by atoms with van der Waals surface area (Å²) in [5.74, 6) is 0.170. The molecule has 2 aliphatic carbocycles. The summed E-state index contributed by atoms with van der Waals surface area (Å²) in [6.45, 7) is 1.47. The van der Waals surface area contributed by atoms with Crippen LogP contribution in [0.2, 0.25) is 5.02 Å². The molecule has 1 unspecified atom stereocenters. The molecule has 2 aromatic rings. The van der Waals surface area contributed by atoms with Crippen molar-refractivity contribution in [2.75, 3.05) is 13.2 Å². The van der Waals surface area contributed by atoms with E-state index in [4.69, 9.17) is 21.1 Å². The highest BCUT2D eigenvalue weighted by Gasteiger charge is 2.53. The Labute approximate surface area is 154 Å². The average Bonchev–Trinajstić information content (AvgIpc) is 3.22. The molecular weight excluding hydrogens is 332 g/mol. The molecule has 0 aromatic heterocycles. The normalized spacial score (nSPS) is 26.2. The first-order valence-electron chi connectivity index (χ1n) is 9.33. The van der Waals surface area contributed by atoms with Crippen LogP contribution in [-0.2, 0) is 21.3 Å². The van der Waals surface area contributed by atoms with Crippen LogP contribution in [0.1, 0.15) is 48.3 Å². The second-order valence-electron chi connectivity index (χ2n) is 7.73. The molecule has 3 heteroatoms. The van der Waals surface area contributed by atoms with Crippen molar-refractivity contribution in [3.63, 3.8) is 0 Å². The van der Waals surface area contributed by atoms with Gasteiger partial charge in [-0.2, -0.15) is 0 Å². The van der Waals surface area contributed by atoms with Crippen LogP contribution in [0, 0.1) is 0 Å². The fourth-order valence-electron chi connectivity index (χ4n) is 5.43. The summed E-state index contributed by atoms with van der Waals surface area (Å²) in [5.41, 5.74) is 4.58. The van der Waals surface area contributed by atoms with Crippen molar-refractivity contribution in [3.05, 3.63) is 70.2 Å². The molecule has 2 spiro atoms. The number of rotatable bonds is 1. The third-order valence-electron chi connectivity index (χ3n) is 6.61. The zero-order chi connectivity index (χ0) is 16.9. The van der Waals surface area contributed by atoms with Crippen LogP contribution >= 0.6 is 11.6 Å². The Hall–Kier alpha value is -1.35. The molecule has 0 bridgehead atoms. The molecule has 25 heavy (non-hydrogen) atoms. The second-order valence-corrected chi connectivity index (χ2v) is 8.17. The lowest BCUT2D eigenvalue weighted by Gasteiger charge is -2.45. The van der Waals surface area contributed by atoms with Gasteiger partial charge in [-0.1, -0.05) is 48.0 Å². The molecule has 2 aromatic carbocycles. The first-order valence-corrected chi connectivity index (χ1v) is 9.70.